The van der Waals surface area contributed by atoms with Crippen molar-refractivity contribution in [1.82, 2.24) is 25.4 Å². The van der Waals surface area contributed by atoms with Gasteiger partial charge in [0.05, 0.1) is 24.9 Å². The molecule has 2 aromatic heterocycles. The van der Waals surface area contributed by atoms with Gasteiger partial charge in [0, 0.05) is 12.5 Å². The summed E-state index contributed by atoms with van der Waals surface area (Å²) in [5, 5.41) is 17.0. The van der Waals surface area contributed by atoms with Gasteiger partial charge < -0.3 is 10.4 Å². The topological polar surface area (TPSA) is 118 Å². The third-order valence-corrected chi connectivity index (χ3v) is 5.63. The van der Waals surface area contributed by atoms with Crippen molar-refractivity contribution >= 4 is 17.5 Å². The van der Waals surface area contributed by atoms with E-state index >= 15 is 0 Å². The average Bonchev–Trinajstić information content (AvgIpc) is 3.38. The molecule has 2 aromatic carbocycles. The van der Waals surface area contributed by atoms with Gasteiger partial charge in [0.2, 0.25) is 0 Å². The first-order valence-corrected chi connectivity index (χ1v) is 10.6. The number of benzene rings is 2. The van der Waals surface area contributed by atoms with Crippen LogP contribution < -0.4 is 10.8 Å². The van der Waals surface area contributed by atoms with E-state index in [1.54, 1.807) is 0 Å². The van der Waals surface area contributed by atoms with Gasteiger partial charge in [-0.05, 0) is 16.7 Å². The normalized spacial score (nSPS) is 16.9. The van der Waals surface area contributed by atoms with Crippen molar-refractivity contribution in [3.05, 3.63) is 101 Å². The van der Waals surface area contributed by atoms with E-state index < -0.39 is 29.8 Å². The molecular formula is C24H20FN5O4. The number of rotatable bonds is 6. The van der Waals surface area contributed by atoms with Gasteiger partial charge in [0.25, 0.3) is 11.8 Å². The number of nitrogens with one attached hydrogen (secondary N) is 2. The number of carbonyl (C=O) groups is 2. The van der Waals surface area contributed by atoms with Crippen LogP contribution in [0.3, 0.4) is 0 Å². The number of halogens is 1. The predicted octanol–water partition coefficient (Wildman–Crippen LogP) is 2.12. The molecule has 0 fully saturated rings. The Morgan fingerprint density at radius 3 is 2.71 bits per heavy atom. The number of aromatic nitrogens is 3. The molecule has 4 aromatic rings. The highest BCUT2D eigenvalue weighted by atomic mass is 19.1. The Bertz CT molecular complexity index is 1370. The van der Waals surface area contributed by atoms with E-state index in [0.717, 1.165) is 27.4 Å². The van der Waals surface area contributed by atoms with Crippen LogP contribution in [0.1, 0.15) is 43.7 Å². The summed E-state index contributed by atoms with van der Waals surface area (Å²) in [5.41, 5.74) is 4.23. The first kappa shape index (κ1) is 21.7. The molecule has 172 valence electrons. The fourth-order valence-electron chi connectivity index (χ4n) is 3.99. The van der Waals surface area contributed by atoms with E-state index in [4.69, 9.17) is 4.84 Å². The fraction of sp³-hybridized carbons (Fsp3) is 0.167. The van der Waals surface area contributed by atoms with Crippen molar-refractivity contribution in [2.75, 3.05) is 0 Å². The molecule has 1 aliphatic rings. The summed E-state index contributed by atoms with van der Waals surface area (Å²) in [6, 6.07) is 17.1. The van der Waals surface area contributed by atoms with Gasteiger partial charge in [-0.1, -0.05) is 54.6 Å². The maximum atomic E-state index is 14.3. The second kappa shape index (κ2) is 9.00. The largest absolute Gasteiger partial charge is 0.390 e. The lowest BCUT2D eigenvalue weighted by Gasteiger charge is -2.18. The predicted molar refractivity (Wildman–Crippen MR) is 118 cm³/mol. The minimum absolute atomic E-state index is 0.112. The molecule has 10 heteroatoms. The molecular weight excluding hydrogens is 441 g/mol. The van der Waals surface area contributed by atoms with E-state index in [-0.39, 0.29) is 23.6 Å². The van der Waals surface area contributed by atoms with E-state index in [0.29, 0.717) is 6.42 Å². The van der Waals surface area contributed by atoms with Gasteiger partial charge in [-0.25, -0.2) is 19.4 Å². The molecule has 0 saturated heterocycles. The van der Waals surface area contributed by atoms with Gasteiger partial charge >= 0.3 is 0 Å². The number of amides is 2. The van der Waals surface area contributed by atoms with E-state index in [9.17, 15) is 19.1 Å². The number of aliphatic hydroxyl groups excluding tert-OH is 1. The molecule has 2 heterocycles. The highest BCUT2D eigenvalue weighted by Gasteiger charge is 2.32. The molecule has 0 radical (unpaired) electrons. The van der Waals surface area contributed by atoms with Crippen LogP contribution >= 0.6 is 0 Å². The van der Waals surface area contributed by atoms with Crippen LogP contribution in [-0.4, -0.2) is 37.6 Å². The van der Waals surface area contributed by atoms with Crippen LogP contribution in [0.2, 0.25) is 0 Å². The maximum absolute atomic E-state index is 14.3. The molecule has 0 unspecified atom stereocenters. The van der Waals surface area contributed by atoms with Crippen LogP contribution in [0.4, 0.5) is 4.39 Å². The summed E-state index contributed by atoms with van der Waals surface area (Å²) in [6.07, 6.45) is 0.491. The molecule has 2 amide bonds. The number of hydrogen-bond donors (Lipinski definition) is 3. The van der Waals surface area contributed by atoms with E-state index in [2.05, 4.69) is 20.9 Å². The van der Waals surface area contributed by atoms with E-state index in [1.165, 1.54) is 6.07 Å². The third-order valence-electron chi connectivity index (χ3n) is 5.63. The number of hydroxylamine groups is 1. The molecule has 34 heavy (non-hydrogen) atoms. The highest BCUT2D eigenvalue weighted by Crippen LogP contribution is 2.31. The molecule has 2 atom stereocenters. The second-order valence-corrected chi connectivity index (χ2v) is 7.88. The van der Waals surface area contributed by atoms with Gasteiger partial charge in [-0.2, -0.15) is 5.10 Å². The van der Waals surface area contributed by atoms with Crippen LogP contribution in [0.15, 0.2) is 66.9 Å². The summed E-state index contributed by atoms with van der Waals surface area (Å²) in [6.45, 7) is 0.112. The molecule has 9 nitrogen and oxygen atoms in total. The second-order valence-electron chi connectivity index (χ2n) is 7.88. The molecule has 3 N–H and O–H groups in total. The van der Waals surface area contributed by atoms with Crippen LogP contribution in [0.25, 0.3) is 5.65 Å². The fourth-order valence-corrected chi connectivity index (χ4v) is 3.99. The number of aliphatic hydroxyl groups is 1. The molecule has 5 rings (SSSR count). The summed E-state index contributed by atoms with van der Waals surface area (Å²) in [7, 11) is 0. The Hall–Kier alpha value is -4.15. The minimum atomic E-state index is -0.814. The number of nitrogens with zero attached hydrogens (tertiary/aromatic N) is 3. The van der Waals surface area contributed by atoms with Crippen molar-refractivity contribution < 1.29 is 23.9 Å². The Morgan fingerprint density at radius 2 is 1.88 bits per heavy atom. The summed E-state index contributed by atoms with van der Waals surface area (Å²) < 4.78 is 15.3. The van der Waals surface area contributed by atoms with Crippen molar-refractivity contribution in [3.8, 4) is 0 Å². The van der Waals surface area contributed by atoms with Crippen molar-refractivity contribution in [3.63, 3.8) is 0 Å². The van der Waals surface area contributed by atoms with Gasteiger partial charge in [-0.3, -0.25) is 14.4 Å². The SMILES string of the molecule is O=C(N[C@H]1c2ccccc2C[C@H]1O)c1cc(C(=O)NOCc2ccccc2)n2ncc(F)c2n1. The Morgan fingerprint density at radius 1 is 1.12 bits per heavy atom. The lowest BCUT2D eigenvalue weighted by Crippen LogP contribution is -2.35. The first-order chi connectivity index (χ1) is 16.5. The zero-order valence-corrected chi connectivity index (χ0v) is 17.8. The smallest absolute Gasteiger partial charge is 0.293 e. The molecule has 0 spiro atoms. The standard InChI is InChI=1S/C24H20FN5O4/c25-17-12-26-30-19(24(33)29-34-13-14-6-2-1-3-7-14)11-18(27-22(17)30)23(32)28-21-16-9-5-4-8-15(16)10-20(21)31/h1-9,11-12,20-21,31H,10,13H2,(H,28,32)(H,29,33)/t20-,21+/m1/s1. The van der Waals surface area contributed by atoms with Crippen molar-refractivity contribution in [2.45, 2.75) is 25.2 Å². The minimum Gasteiger partial charge on any atom is -0.390 e. The highest BCUT2D eigenvalue weighted by molar-refractivity contribution is 5.98. The number of hydrogen-bond acceptors (Lipinski definition) is 6. The monoisotopic (exact) mass is 461 g/mol. The van der Waals surface area contributed by atoms with Crippen LogP contribution in [0.5, 0.6) is 0 Å². The third kappa shape index (κ3) is 4.12. The van der Waals surface area contributed by atoms with Crippen molar-refractivity contribution in [1.29, 1.82) is 0 Å². The Labute approximate surface area is 193 Å². The number of carbonyl (C=O) groups excluding carboxylic acids is 2. The quantitative estimate of drug-likeness (QED) is 0.379. The summed E-state index contributed by atoms with van der Waals surface area (Å²) in [5.74, 6) is -2.19. The lowest BCUT2D eigenvalue weighted by molar-refractivity contribution is 0.0227. The average molecular weight is 461 g/mol. The molecule has 0 bridgehead atoms. The van der Waals surface area contributed by atoms with Gasteiger partial charge in [-0.15, -0.1) is 0 Å². The molecule has 1 aliphatic carbocycles. The maximum Gasteiger partial charge on any atom is 0.293 e. The van der Waals surface area contributed by atoms with Crippen LogP contribution in [-0.2, 0) is 17.9 Å². The Balaban J connectivity index is 1.38. The van der Waals surface area contributed by atoms with Crippen molar-refractivity contribution in [2.24, 2.45) is 0 Å². The van der Waals surface area contributed by atoms with E-state index in [1.807, 2.05) is 54.6 Å². The van der Waals surface area contributed by atoms with Gasteiger partial charge in [0.1, 0.15) is 11.4 Å². The molecule has 0 aliphatic heterocycles. The lowest BCUT2D eigenvalue weighted by atomic mass is 10.1. The zero-order valence-electron chi connectivity index (χ0n) is 17.8. The number of fused-ring (bicyclic) bond motifs is 2. The summed E-state index contributed by atoms with van der Waals surface area (Å²) >= 11 is 0. The van der Waals surface area contributed by atoms with Crippen LogP contribution in [0, 0.1) is 5.82 Å². The van der Waals surface area contributed by atoms with Gasteiger partial charge in [0.15, 0.2) is 11.5 Å². The summed E-state index contributed by atoms with van der Waals surface area (Å²) in [4.78, 5) is 35.1. The molecule has 0 saturated carbocycles. The zero-order chi connectivity index (χ0) is 23.7. The first-order valence-electron chi connectivity index (χ1n) is 10.6. The Kier molecular flexibility index (Phi) is 5.74.